The Labute approximate surface area is 238 Å². The lowest BCUT2D eigenvalue weighted by Gasteiger charge is -2.19. The van der Waals surface area contributed by atoms with E-state index >= 15 is 0 Å². The average molecular weight is 560 g/mol. The molecule has 0 aliphatic carbocycles. The Hall–Kier alpha value is -4.31. The smallest absolute Gasteiger partial charge is 0.250 e. The van der Waals surface area contributed by atoms with Crippen molar-refractivity contribution in [2.24, 2.45) is 5.10 Å². The van der Waals surface area contributed by atoms with Gasteiger partial charge in [0.2, 0.25) is 0 Å². The minimum Gasteiger partial charge on any atom is -0.504 e. The number of thioether (sulfide) groups is 1. The van der Waals surface area contributed by atoms with Gasteiger partial charge in [-0.3, -0.25) is 9.36 Å². The maximum atomic E-state index is 12.6. The summed E-state index contributed by atoms with van der Waals surface area (Å²) in [6, 6.07) is 20.9. The van der Waals surface area contributed by atoms with Crippen LogP contribution in [0.3, 0.4) is 0 Å². The zero-order chi connectivity index (χ0) is 28.7. The predicted molar refractivity (Wildman–Crippen MR) is 158 cm³/mol. The molecule has 0 aliphatic heterocycles. The van der Waals surface area contributed by atoms with Gasteiger partial charge in [0.05, 0.1) is 25.7 Å². The number of phenolic OH excluding ortho intramolecular Hbond substituents is 1. The number of carbonyl (C=O) groups is 1. The van der Waals surface area contributed by atoms with Crippen molar-refractivity contribution < 1.29 is 19.4 Å². The van der Waals surface area contributed by atoms with E-state index in [4.69, 9.17) is 9.47 Å². The van der Waals surface area contributed by atoms with Crippen LogP contribution in [-0.2, 0) is 10.2 Å². The summed E-state index contributed by atoms with van der Waals surface area (Å²) in [5.41, 5.74) is 5.93. The fourth-order valence-electron chi connectivity index (χ4n) is 3.89. The van der Waals surface area contributed by atoms with E-state index in [1.165, 1.54) is 23.5 Å². The highest BCUT2D eigenvalue weighted by Crippen LogP contribution is 2.31. The number of ether oxygens (including phenoxy) is 2. The normalized spacial score (nSPS) is 11.5. The third-order valence-electron chi connectivity index (χ3n) is 6.03. The Balaban J connectivity index is 1.53. The predicted octanol–water partition coefficient (Wildman–Crippen LogP) is 5.59. The molecule has 0 saturated heterocycles. The Morgan fingerprint density at radius 1 is 1.07 bits per heavy atom. The van der Waals surface area contributed by atoms with Gasteiger partial charge in [-0.05, 0) is 54.3 Å². The summed E-state index contributed by atoms with van der Waals surface area (Å²) in [6.45, 7) is 8.78. The second-order valence-electron chi connectivity index (χ2n) is 9.88. The van der Waals surface area contributed by atoms with Crippen molar-refractivity contribution in [2.75, 3.05) is 19.5 Å². The lowest BCUT2D eigenvalue weighted by Crippen LogP contribution is -2.20. The summed E-state index contributed by atoms with van der Waals surface area (Å²) in [4.78, 5) is 12.6. The van der Waals surface area contributed by atoms with Gasteiger partial charge in [-0.15, -0.1) is 10.2 Å². The van der Waals surface area contributed by atoms with Crippen molar-refractivity contribution in [1.29, 1.82) is 0 Å². The Kier molecular flexibility index (Phi) is 9.11. The lowest BCUT2D eigenvalue weighted by atomic mass is 9.87. The summed E-state index contributed by atoms with van der Waals surface area (Å²) in [5, 5.41) is 23.7. The standard InChI is InChI=1S/C30H33N5O4S/c1-6-39-25-9-7-8-21(27(25)37)18-31-32-26(36)19-40-29-34-33-28(20-10-12-22(13-11-20)30(2,3)4)35(29)23-14-16-24(38-5)17-15-23/h7-18,37H,6,19H2,1-5H3,(H,32,36)/b31-18-. The van der Waals surface area contributed by atoms with E-state index in [1.54, 1.807) is 25.3 Å². The largest absolute Gasteiger partial charge is 0.504 e. The van der Waals surface area contributed by atoms with Crippen LogP contribution in [0.25, 0.3) is 17.1 Å². The van der Waals surface area contributed by atoms with Gasteiger partial charge in [-0.1, -0.05) is 62.9 Å². The average Bonchev–Trinajstić information content (AvgIpc) is 3.37. The number of hydrogen-bond donors (Lipinski definition) is 2. The monoisotopic (exact) mass is 559 g/mol. The minimum atomic E-state index is -0.331. The van der Waals surface area contributed by atoms with Crippen LogP contribution in [-0.4, -0.2) is 51.5 Å². The zero-order valence-corrected chi connectivity index (χ0v) is 24.0. The quantitative estimate of drug-likeness (QED) is 0.148. The topological polar surface area (TPSA) is 111 Å². The van der Waals surface area contributed by atoms with Crippen LogP contribution >= 0.6 is 11.8 Å². The number of aromatic nitrogens is 3. The molecule has 10 heteroatoms. The first kappa shape index (κ1) is 28.7. The molecule has 4 rings (SSSR count). The minimum absolute atomic E-state index is 0.0316. The van der Waals surface area contributed by atoms with Crippen LogP contribution in [0.1, 0.15) is 38.8 Å². The number of para-hydroxylation sites is 1. The fraction of sp³-hybridized carbons (Fsp3) is 0.267. The van der Waals surface area contributed by atoms with Gasteiger partial charge in [-0.25, -0.2) is 5.43 Å². The number of benzene rings is 3. The molecular weight excluding hydrogens is 526 g/mol. The first-order chi connectivity index (χ1) is 19.2. The van der Waals surface area contributed by atoms with E-state index in [1.807, 2.05) is 47.9 Å². The van der Waals surface area contributed by atoms with Gasteiger partial charge in [-0.2, -0.15) is 5.10 Å². The molecule has 0 fully saturated rings. The van der Waals surface area contributed by atoms with Gasteiger partial charge in [0.15, 0.2) is 22.5 Å². The number of hydrazone groups is 1. The van der Waals surface area contributed by atoms with Crippen LogP contribution in [0.15, 0.2) is 77.0 Å². The van der Waals surface area contributed by atoms with Crippen molar-refractivity contribution in [2.45, 2.75) is 38.3 Å². The number of amides is 1. The highest BCUT2D eigenvalue weighted by atomic mass is 32.2. The maximum absolute atomic E-state index is 12.6. The van der Waals surface area contributed by atoms with Crippen LogP contribution in [0.2, 0.25) is 0 Å². The Bertz CT molecular complexity index is 1480. The molecule has 4 aromatic rings. The first-order valence-corrected chi connectivity index (χ1v) is 13.8. The molecule has 0 aliphatic rings. The van der Waals surface area contributed by atoms with Crippen molar-refractivity contribution in [1.82, 2.24) is 20.2 Å². The van der Waals surface area contributed by atoms with Gasteiger partial charge in [0.25, 0.3) is 5.91 Å². The molecule has 0 spiro atoms. The molecule has 0 bridgehead atoms. The molecule has 2 N–H and O–H groups in total. The van der Waals surface area contributed by atoms with E-state index in [0.717, 1.165) is 17.0 Å². The number of methoxy groups -OCH3 is 1. The molecule has 1 amide bonds. The molecule has 208 valence electrons. The molecule has 40 heavy (non-hydrogen) atoms. The van der Waals surface area contributed by atoms with E-state index < -0.39 is 0 Å². The molecule has 3 aromatic carbocycles. The fourth-order valence-corrected chi connectivity index (χ4v) is 4.63. The number of phenols is 1. The first-order valence-electron chi connectivity index (χ1n) is 12.8. The zero-order valence-electron chi connectivity index (χ0n) is 23.2. The van der Waals surface area contributed by atoms with Crippen LogP contribution in [0.4, 0.5) is 0 Å². The number of hydrogen-bond acceptors (Lipinski definition) is 8. The third kappa shape index (κ3) is 6.81. The summed E-state index contributed by atoms with van der Waals surface area (Å²) < 4.78 is 12.6. The number of nitrogens with one attached hydrogen (secondary N) is 1. The van der Waals surface area contributed by atoms with Gasteiger partial charge < -0.3 is 14.6 Å². The molecule has 0 unspecified atom stereocenters. The van der Waals surface area contributed by atoms with Crippen LogP contribution in [0, 0.1) is 0 Å². The molecule has 1 aromatic heterocycles. The summed E-state index contributed by atoms with van der Waals surface area (Å²) >= 11 is 1.24. The summed E-state index contributed by atoms with van der Waals surface area (Å²) in [5.74, 6) is 1.44. The van der Waals surface area contributed by atoms with Crippen LogP contribution in [0.5, 0.6) is 17.2 Å². The van der Waals surface area contributed by atoms with Gasteiger partial charge in [0, 0.05) is 16.8 Å². The van der Waals surface area contributed by atoms with Gasteiger partial charge >= 0.3 is 0 Å². The van der Waals surface area contributed by atoms with E-state index in [0.29, 0.717) is 28.9 Å². The number of nitrogens with zero attached hydrogens (tertiary/aromatic N) is 4. The van der Waals surface area contributed by atoms with Gasteiger partial charge in [0.1, 0.15) is 5.75 Å². The second-order valence-corrected chi connectivity index (χ2v) is 10.8. The van der Waals surface area contributed by atoms with Crippen LogP contribution < -0.4 is 14.9 Å². The molecule has 0 atom stereocenters. The van der Waals surface area contributed by atoms with E-state index in [-0.39, 0.29) is 22.8 Å². The van der Waals surface area contributed by atoms with Crippen molar-refractivity contribution in [3.63, 3.8) is 0 Å². The van der Waals surface area contributed by atoms with Crippen molar-refractivity contribution in [3.8, 4) is 34.3 Å². The maximum Gasteiger partial charge on any atom is 0.250 e. The Morgan fingerprint density at radius 3 is 2.45 bits per heavy atom. The van der Waals surface area contributed by atoms with E-state index in [2.05, 4.69) is 53.6 Å². The highest BCUT2D eigenvalue weighted by molar-refractivity contribution is 7.99. The summed E-state index contributed by atoms with van der Waals surface area (Å²) in [6.07, 6.45) is 1.37. The number of carbonyl (C=O) groups excluding carboxylic acids is 1. The molecule has 0 saturated carbocycles. The number of rotatable bonds is 10. The molecule has 1 heterocycles. The highest BCUT2D eigenvalue weighted by Gasteiger charge is 2.19. The number of aromatic hydroxyl groups is 1. The second kappa shape index (κ2) is 12.7. The Morgan fingerprint density at radius 2 is 1.80 bits per heavy atom. The molecule has 9 nitrogen and oxygen atoms in total. The molecule has 0 radical (unpaired) electrons. The SMILES string of the molecule is CCOc1cccc(/C=N\NC(=O)CSc2nnc(-c3ccc(C(C)(C)C)cc3)n2-c2ccc(OC)cc2)c1O. The summed E-state index contributed by atoms with van der Waals surface area (Å²) in [7, 11) is 1.62. The lowest BCUT2D eigenvalue weighted by molar-refractivity contribution is -0.118. The van der Waals surface area contributed by atoms with E-state index in [9.17, 15) is 9.90 Å². The molecular formula is C30H33N5O4S. The third-order valence-corrected chi connectivity index (χ3v) is 6.96. The van der Waals surface area contributed by atoms with Crippen molar-refractivity contribution >= 4 is 23.9 Å². The van der Waals surface area contributed by atoms with Crippen molar-refractivity contribution in [3.05, 3.63) is 77.9 Å².